The van der Waals surface area contributed by atoms with Gasteiger partial charge in [-0.2, -0.15) is 0 Å². The number of rotatable bonds is 4. The van der Waals surface area contributed by atoms with Crippen LogP contribution in [0.3, 0.4) is 0 Å². The second-order valence-electron chi connectivity index (χ2n) is 5.36. The monoisotopic (exact) mass is 231 g/mol. The molecule has 1 unspecified atom stereocenters. The smallest absolute Gasteiger partial charge is 0.227 e. The van der Waals surface area contributed by atoms with Crippen LogP contribution in [-0.4, -0.2) is 5.91 Å². The number of anilines is 1. The van der Waals surface area contributed by atoms with Crippen LogP contribution in [0.5, 0.6) is 0 Å². The van der Waals surface area contributed by atoms with Crippen molar-refractivity contribution in [1.82, 2.24) is 0 Å². The van der Waals surface area contributed by atoms with E-state index in [1.807, 2.05) is 25.1 Å². The highest BCUT2D eigenvalue weighted by Gasteiger charge is 2.32. The molecule has 17 heavy (non-hydrogen) atoms. The molecule has 1 aliphatic carbocycles. The van der Waals surface area contributed by atoms with E-state index < -0.39 is 0 Å². The predicted octanol–water partition coefficient (Wildman–Crippen LogP) is 3.79. The molecule has 0 radical (unpaired) electrons. The van der Waals surface area contributed by atoms with Gasteiger partial charge in [-0.05, 0) is 36.3 Å². The summed E-state index contributed by atoms with van der Waals surface area (Å²) >= 11 is 0. The number of hydrogen-bond donors (Lipinski definition) is 1. The maximum Gasteiger partial charge on any atom is 0.227 e. The summed E-state index contributed by atoms with van der Waals surface area (Å²) in [5, 5.41) is 3.07. The lowest BCUT2D eigenvalue weighted by Gasteiger charge is -2.16. The quantitative estimate of drug-likeness (QED) is 0.839. The molecular formula is C15H21NO. The van der Waals surface area contributed by atoms with Gasteiger partial charge in [-0.1, -0.05) is 39.0 Å². The average Bonchev–Trinajstić information content (AvgIpc) is 3.12. The molecule has 1 aromatic rings. The molecule has 0 spiro atoms. The predicted molar refractivity (Wildman–Crippen MR) is 71.0 cm³/mol. The van der Waals surface area contributed by atoms with Crippen LogP contribution >= 0.6 is 0 Å². The van der Waals surface area contributed by atoms with E-state index >= 15 is 0 Å². The SMILES string of the molecule is CC(C)c1ccccc1NC(=O)C(C)C1CC1. The van der Waals surface area contributed by atoms with Gasteiger partial charge in [0.2, 0.25) is 5.91 Å². The number of para-hydroxylation sites is 1. The summed E-state index contributed by atoms with van der Waals surface area (Å²) in [5.74, 6) is 1.36. The molecule has 2 rings (SSSR count). The Morgan fingerprint density at radius 1 is 1.24 bits per heavy atom. The third kappa shape index (κ3) is 2.87. The molecule has 1 fully saturated rings. The Bertz CT molecular complexity index is 407. The van der Waals surface area contributed by atoms with E-state index in [9.17, 15) is 4.79 Å². The largest absolute Gasteiger partial charge is 0.326 e. The van der Waals surface area contributed by atoms with Crippen molar-refractivity contribution in [2.75, 3.05) is 5.32 Å². The van der Waals surface area contributed by atoms with Crippen molar-refractivity contribution in [3.8, 4) is 0 Å². The third-order valence-electron chi connectivity index (χ3n) is 3.58. The summed E-state index contributed by atoms with van der Waals surface area (Å²) in [6.45, 7) is 6.33. The number of benzene rings is 1. The summed E-state index contributed by atoms with van der Waals surface area (Å²) < 4.78 is 0. The molecule has 1 atom stereocenters. The maximum absolute atomic E-state index is 12.1. The van der Waals surface area contributed by atoms with Crippen molar-refractivity contribution in [2.24, 2.45) is 11.8 Å². The number of amides is 1. The van der Waals surface area contributed by atoms with E-state index in [0.29, 0.717) is 11.8 Å². The minimum absolute atomic E-state index is 0.148. The van der Waals surface area contributed by atoms with E-state index in [1.54, 1.807) is 0 Å². The van der Waals surface area contributed by atoms with Crippen LogP contribution in [0.4, 0.5) is 5.69 Å². The Kier molecular flexibility index (Phi) is 3.51. The molecule has 1 amide bonds. The van der Waals surface area contributed by atoms with E-state index in [0.717, 1.165) is 5.69 Å². The van der Waals surface area contributed by atoms with E-state index in [2.05, 4.69) is 25.2 Å². The Balaban J connectivity index is 2.09. The van der Waals surface area contributed by atoms with Crippen LogP contribution in [0, 0.1) is 11.8 Å². The second kappa shape index (κ2) is 4.91. The minimum Gasteiger partial charge on any atom is -0.326 e. The van der Waals surface area contributed by atoms with Gasteiger partial charge in [-0.3, -0.25) is 4.79 Å². The van der Waals surface area contributed by atoms with Gasteiger partial charge in [0.25, 0.3) is 0 Å². The van der Waals surface area contributed by atoms with Crippen LogP contribution in [0.15, 0.2) is 24.3 Å². The van der Waals surface area contributed by atoms with Gasteiger partial charge in [-0.25, -0.2) is 0 Å². The topological polar surface area (TPSA) is 29.1 Å². The summed E-state index contributed by atoms with van der Waals surface area (Å²) in [6.07, 6.45) is 2.42. The van der Waals surface area contributed by atoms with Gasteiger partial charge >= 0.3 is 0 Å². The van der Waals surface area contributed by atoms with Gasteiger partial charge in [0.05, 0.1) is 0 Å². The molecule has 0 heterocycles. The number of nitrogens with one attached hydrogen (secondary N) is 1. The summed E-state index contributed by atoms with van der Waals surface area (Å²) in [6, 6.07) is 8.08. The summed E-state index contributed by atoms with van der Waals surface area (Å²) in [4.78, 5) is 12.1. The molecule has 1 aromatic carbocycles. The van der Waals surface area contributed by atoms with Crippen LogP contribution in [0.1, 0.15) is 45.1 Å². The first-order valence-corrected chi connectivity index (χ1v) is 6.49. The highest BCUT2D eigenvalue weighted by atomic mass is 16.1. The van der Waals surface area contributed by atoms with E-state index in [-0.39, 0.29) is 11.8 Å². The number of hydrogen-bond acceptors (Lipinski definition) is 1. The fraction of sp³-hybridized carbons (Fsp3) is 0.533. The zero-order valence-corrected chi connectivity index (χ0v) is 10.9. The van der Waals surface area contributed by atoms with E-state index in [1.165, 1.54) is 18.4 Å². The van der Waals surface area contributed by atoms with Gasteiger partial charge in [0.15, 0.2) is 0 Å². The maximum atomic E-state index is 12.1. The lowest BCUT2D eigenvalue weighted by molar-refractivity contribution is -0.119. The van der Waals surface area contributed by atoms with E-state index in [4.69, 9.17) is 0 Å². The van der Waals surface area contributed by atoms with Crippen molar-refractivity contribution < 1.29 is 4.79 Å². The van der Waals surface area contributed by atoms with Crippen molar-refractivity contribution >= 4 is 11.6 Å². The van der Waals surface area contributed by atoms with Crippen molar-refractivity contribution in [2.45, 2.75) is 39.5 Å². The fourth-order valence-electron chi connectivity index (χ4n) is 2.17. The molecule has 1 saturated carbocycles. The van der Waals surface area contributed by atoms with Gasteiger partial charge in [-0.15, -0.1) is 0 Å². The van der Waals surface area contributed by atoms with Crippen molar-refractivity contribution in [3.63, 3.8) is 0 Å². The molecular weight excluding hydrogens is 210 g/mol. The highest BCUT2D eigenvalue weighted by Crippen LogP contribution is 2.37. The Morgan fingerprint density at radius 2 is 1.88 bits per heavy atom. The van der Waals surface area contributed by atoms with Gasteiger partial charge < -0.3 is 5.32 Å². The van der Waals surface area contributed by atoms with Gasteiger partial charge in [0.1, 0.15) is 0 Å². The summed E-state index contributed by atoms with van der Waals surface area (Å²) in [5.41, 5.74) is 2.18. The minimum atomic E-state index is 0.148. The molecule has 2 nitrogen and oxygen atoms in total. The normalized spacial score (nSPS) is 16.9. The standard InChI is InChI=1S/C15H21NO/c1-10(2)13-6-4-5-7-14(13)16-15(17)11(3)12-8-9-12/h4-7,10-12H,8-9H2,1-3H3,(H,16,17). The molecule has 0 aliphatic heterocycles. The second-order valence-corrected chi connectivity index (χ2v) is 5.36. The molecule has 92 valence electrons. The average molecular weight is 231 g/mol. The Labute approximate surface area is 103 Å². The Hall–Kier alpha value is -1.31. The van der Waals surface area contributed by atoms with Crippen molar-refractivity contribution in [3.05, 3.63) is 29.8 Å². The van der Waals surface area contributed by atoms with Crippen LogP contribution in [-0.2, 0) is 4.79 Å². The number of carbonyl (C=O) groups excluding carboxylic acids is 1. The van der Waals surface area contributed by atoms with Gasteiger partial charge in [0, 0.05) is 11.6 Å². The molecule has 2 heteroatoms. The molecule has 1 N–H and O–H groups in total. The molecule has 0 aromatic heterocycles. The zero-order valence-electron chi connectivity index (χ0n) is 10.9. The third-order valence-corrected chi connectivity index (χ3v) is 3.58. The van der Waals surface area contributed by atoms with Crippen LogP contribution in [0.2, 0.25) is 0 Å². The fourth-order valence-corrected chi connectivity index (χ4v) is 2.17. The van der Waals surface area contributed by atoms with Crippen molar-refractivity contribution in [1.29, 1.82) is 0 Å². The molecule has 1 aliphatic rings. The first-order valence-electron chi connectivity index (χ1n) is 6.49. The molecule has 0 saturated heterocycles. The first kappa shape index (κ1) is 12.2. The summed E-state index contributed by atoms with van der Waals surface area (Å²) in [7, 11) is 0. The highest BCUT2D eigenvalue weighted by molar-refractivity contribution is 5.93. The van der Waals surface area contributed by atoms with Crippen LogP contribution in [0.25, 0.3) is 0 Å². The zero-order chi connectivity index (χ0) is 12.4. The Morgan fingerprint density at radius 3 is 2.47 bits per heavy atom. The lowest BCUT2D eigenvalue weighted by atomic mass is 10.00. The lowest BCUT2D eigenvalue weighted by Crippen LogP contribution is -2.22. The van der Waals surface area contributed by atoms with Crippen LogP contribution < -0.4 is 5.32 Å². The molecule has 0 bridgehead atoms. The first-order chi connectivity index (χ1) is 8.09. The number of carbonyl (C=O) groups is 1.